The molecule has 7 rings (SSSR count). The highest BCUT2D eigenvalue weighted by molar-refractivity contribution is 5.97. The van der Waals surface area contributed by atoms with E-state index in [1.807, 2.05) is 0 Å². The van der Waals surface area contributed by atoms with Crippen molar-refractivity contribution in [1.29, 1.82) is 5.26 Å². The molecule has 4 atom stereocenters. The number of nitrogens with zero attached hydrogens (tertiary/aromatic N) is 7. The number of aryl methyl sites for hydroxylation is 1. The van der Waals surface area contributed by atoms with Crippen molar-refractivity contribution < 1.29 is 14.6 Å². The maximum absolute atomic E-state index is 11.9. The molecule has 2 aromatic carbocycles. The first-order valence-corrected chi connectivity index (χ1v) is 15.5. The van der Waals surface area contributed by atoms with Crippen LogP contribution in [0.1, 0.15) is 48.5 Å². The fourth-order valence-electron chi connectivity index (χ4n) is 7.84. The van der Waals surface area contributed by atoms with E-state index in [0.717, 1.165) is 55.8 Å². The maximum atomic E-state index is 11.9. The lowest BCUT2D eigenvalue weighted by Crippen LogP contribution is -2.55. The molecule has 1 aliphatic carbocycles. The van der Waals surface area contributed by atoms with Crippen LogP contribution in [0.4, 0.5) is 16.3 Å². The number of hydrogen-bond donors (Lipinski definition) is 1. The monoisotopic (exact) mass is 581 g/mol. The SMILES string of the molecule is Cc1cccc2cccc(N3C[C@H]4Cc5c(nc(OCC6CCCN6C)nc5N5CCN(C(=O)O)C(CC#N)C5)[C@@H]3C4)c12. The average Bonchev–Trinajstić information content (AvgIpc) is 3.58. The molecule has 0 saturated carbocycles. The molecule has 4 aliphatic rings. The summed E-state index contributed by atoms with van der Waals surface area (Å²) in [6.45, 7) is 6.01. The lowest BCUT2D eigenvalue weighted by molar-refractivity contribution is 0.119. The highest BCUT2D eigenvalue weighted by atomic mass is 16.5. The molecule has 3 fully saturated rings. The van der Waals surface area contributed by atoms with Crippen LogP contribution in [0.2, 0.25) is 0 Å². The molecule has 224 valence electrons. The third-order valence-corrected chi connectivity index (χ3v) is 10.0. The van der Waals surface area contributed by atoms with E-state index in [0.29, 0.717) is 44.2 Å². The maximum Gasteiger partial charge on any atom is 0.407 e. The number of amides is 1. The topological polar surface area (TPSA) is 109 Å². The molecule has 4 heterocycles. The van der Waals surface area contributed by atoms with Crippen molar-refractivity contribution in [3.05, 3.63) is 53.2 Å². The number of likely N-dealkylation sites (N-methyl/N-ethyl adjacent to an activating group) is 1. The summed E-state index contributed by atoms with van der Waals surface area (Å²) in [4.78, 5) is 30.5. The smallest absolute Gasteiger partial charge is 0.407 e. The molecule has 3 aliphatic heterocycles. The summed E-state index contributed by atoms with van der Waals surface area (Å²) in [5.74, 6) is 1.31. The minimum atomic E-state index is -0.978. The van der Waals surface area contributed by atoms with Crippen molar-refractivity contribution in [2.45, 2.75) is 57.2 Å². The van der Waals surface area contributed by atoms with Gasteiger partial charge in [0.15, 0.2) is 0 Å². The number of fused-ring (bicyclic) bond motifs is 5. The number of nitriles is 1. The van der Waals surface area contributed by atoms with Gasteiger partial charge in [-0.25, -0.2) is 4.79 Å². The summed E-state index contributed by atoms with van der Waals surface area (Å²) in [7, 11) is 2.14. The Morgan fingerprint density at radius 2 is 1.95 bits per heavy atom. The lowest BCUT2D eigenvalue weighted by atomic mass is 9.87. The van der Waals surface area contributed by atoms with E-state index in [4.69, 9.17) is 14.7 Å². The molecule has 43 heavy (non-hydrogen) atoms. The molecule has 10 nitrogen and oxygen atoms in total. The van der Waals surface area contributed by atoms with Gasteiger partial charge in [-0.2, -0.15) is 15.2 Å². The van der Waals surface area contributed by atoms with Gasteiger partial charge >= 0.3 is 12.1 Å². The predicted molar refractivity (Wildman–Crippen MR) is 165 cm³/mol. The Balaban J connectivity index is 1.28. The zero-order valence-electron chi connectivity index (χ0n) is 24.9. The third kappa shape index (κ3) is 4.99. The first-order valence-electron chi connectivity index (χ1n) is 15.5. The van der Waals surface area contributed by atoms with Crippen molar-refractivity contribution in [2.24, 2.45) is 5.92 Å². The highest BCUT2D eigenvalue weighted by Crippen LogP contribution is 2.49. The number of benzene rings is 2. The van der Waals surface area contributed by atoms with E-state index in [9.17, 15) is 15.2 Å². The van der Waals surface area contributed by atoms with Crippen molar-refractivity contribution in [3.63, 3.8) is 0 Å². The first kappa shape index (κ1) is 27.7. The molecule has 1 amide bonds. The van der Waals surface area contributed by atoms with Gasteiger partial charge in [0.2, 0.25) is 0 Å². The number of carbonyl (C=O) groups is 1. The van der Waals surface area contributed by atoms with Crippen LogP contribution in [0, 0.1) is 24.2 Å². The quantitative estimate of drug-likeness (QED) is 0.446. The van der Waals surface area contributed by atoms with Crippen molar-refractivity contribution in [3.8, 4) is 12.1 Å². The van der Waals surface area contributed by atoms with Crippen molar-refractivity contribution in [1.82, 2.24) is 19.8 Å². The van der Waals surface area contributed by atoms with Crippen molar-refractivity contribution in [2.75, 3.05) is 56.2 Å². The van der Waals surface area contributed by atoms with E-state index in [1.54, 1.807) is 0 Å². The Morgan fingerprint density at radius 1 is 1.12 bits per heavy atom. The molecule has 3 saturated heterocycles. The molecule has 2 unspecified atom stereocenters. The van der Waals surface area contributed by atoms with Crippen LogP contribution in [-0.2, 0) is 6.42 Å². The molecule has 1 N–H and O–H groups in total. The number of likely N-dealkylation sites (tertiary alicyclic amines) is 1. The first-order chi connectivity index (χ1) is 20.9. The van der Waals surface area contributed by atoms with Gasteiger partial charge in [-0.3, -0.25) is 0 Å². The van der Waals surface area contributed by atoms with Crippen LogP contribution in [-0.4, -0.2) is 89.4 Å². The second-order valence-electron chi connectivity index (χ2n) is 12.6. The normalized spacial score (nSPS) is 25.2. The number of carboxylic acid groups (broad SMARTS) is 1. The fraction of sp³-hybridized carbons (Fsp3) is 0.515. The molecule has 10 heteroatoms. The Labute approximate surface area is 252 Å². The summed E-state index contributed by atoms with van der Waals surface area (Å²) >= 11 is 0. The summed E-state index contributed by atoms with van der Waals surface area (Å²) in [6, 6.07) is 15.7. The van der Waals surface area contributed by atoms with E-state index in [1.165, 1.54) is 26.9 Å². The van der Waals surface area contributed by atoms with E-state index >= 15 is 0 Å². The van der Waals surface area contributed by atoms with Gasteiger partial charge in [-0.1, -0.05) is 30.3 Å². The molecule has 0 spiro atoms. The third-order valence-electron chi connectivity index (χ3n) is 10.0. The summed E-state index contributed by atoms with van der Waals surface area (Å²) < 4.78 is 6.36. The number of anilines is 2. The second kappa shape index (κ2) is 11.2. The van der Waals surface area contributed by atoms with Crippen LogP contribution in [0.3, 0.4) is 0 Å². The number of aromatic nitrogens is 2. The van der Waals surface area contributed by atoms with Crippen LogP contribution in [0.5, 0.6) is 6.01 Å². The fourth-order valence-corrected chi connectivity index (χ4v) is 7.84. The number of ether oxygens (including phenoxy) is 1. The van der Waals surface area contributed by atoms with E-state index in [-0.39, 0.29) is 12.5 Å². The Hall–Kier alpha value is -4.10. The minimum Gasteiger partial charge on any atom is -0.465 e. The van der Waals surface area contributed by atoms with E-state index in [2.05, 4.69) is 71.1 Å². The Kier molecular flexibility index (Phi) is 7.21. The van der Waals surface area contributed by atoms with Gasteiger partial charge in [0.05, 0.1) is 30.3 Å². The summed E-state index contributed by atoms with van der Waals surface area (Å²) in [5.41, 5.74) is 4.68. The number of piperazine rings is 1. The molecule has 0 radical (unpaired) electrons. The second-order valence-corrected chi connectivity index (χ2v) is 12.6. The van der Waals surface area contributed by atoms with Gasteiger partial charge in [-0.15, -0.1) is 0 Å². The predicted octanol–water partition coefficient (Wildman–Crippen LogP) is 4.62. The number of hydrogen-bond acceptors (Lipinski definition) is 8. The molecule has 2 bridgehead atoms. The average molecular weight is 582 g/mol. The summed E-state index contributed by atoms with van der Waals surface area (Å²) in [6.07, 6.45) is 3.33. The van der Waals surface area contributed by atoms with E-state index < -0.39 is 12.1 Å². The highest BCUT2D eigenvalue weighted by Gasteiger charge is 2.43. The van der Waals surface area contributed by atoms with Crippen LogP contribution >= 0.6 is 0 Å². The standard InChI is InChI=1S/C33H39N7O3/c1-21-6-3-7-23-8-4-10-27(29(21)23)40-18-22-16-26-30(28(40)17-22)35-32(43-20-25-9-5-13-37(25)2)36-31(26)38-14-15-39(33(41)42)24(19-38)11-12-34/h3-4,6-8,10,22,24-25,28H,5,9,11,13-20H2,1-2H3,(H,41,42)/t22-,24?,25?,28-/m0/s1. The summed E-state index contributed by atoms with van der Waals surface area (Å²) in [5, 5.41) is 21.8. The zero-order chi connectivity index (χ0) is 29.7. The van der Waals surface area contributed by atoms with Gasteiger partial charge in [0.1, 0.15) is 12.4 Å². The molecular formula is C33H39N7O3. The molecular weight excluding hydrogens is 542 g/mol. The van der Waals surface area contributed by atoms with Gasteiger partial charge in [0, 0.05) is 48.9 Å². The van der Waals surface area contributed by atoms with Crippen LogP contribution in [0.25, 0.3) is 10.8 Å². The van der Waals surface area contributed by atoms with Gasteiger partial charge < -0.3 is 29.4 Å². The largest absolute Gasteiger partial charge is 0.465 e. The van der Waals surface area contributed by atoms with Gasteiger partial charge in [-0.05, 0) is 69.1 Å². The Morgan fingerprint density at radius 3 is 2.72 bits per heavy atom. The minimum absolute atomic E-state index is 0.104. The van der Waals surface area contributed by atoms with Crippen molar-refractivity contribution >= 4 is 28.4 Å². The molecule has 3 aromatic rings. The van der Waals surface area contributed by atoms with Crippen LogP contribution < -0.4 is 14.5 Å². The van der Waals surface area contributed by atoms with Crippen LogP contribution in [0.15, 0.2) is 36.4 Å². The number of rotatable bonds is 6. The molecule has 1 aromatic heterocycles. The zero-order valence-corrected chi connectivity index (χ0v) is 24.9. The lowest BCUT2D eigenvalue weighted by Gasteiger charge is -2.41. The Bertz CT molecular complexity index is 1580. The van der Waals surface area contributed by atoms with Gasteiger partial charge in [0.25, 0.3) is 0 Å².